The number of furan rings is 1. The van der Waals surface area contributed by atoms with Crippen LogP contribution >= 0.6 is 15.9 Å². The van der Waals surface area contributed by atoms with Gasteiger partial charge in [-0.2, -0.15) is 0 Å². The van der Waals surface area contributed by atoms with Crippen LogP contribution in [0.5, 0.6) is 0 Å². The van der Waals surface area contributed by atoms with E-state index in [0.717, 1.165) is 28.4 Å². The monoisotopic (exact) mass is 310 g/mol. The predicted octanol–water partition coefficient (Wildman–Crippen LogP) is 2.90. The van der Waals surface area contributed by atoms with E-state index in [2.05, 4.69) is 31.2 Å². The van der Waals surface area contributed by atoms with E-state index in [4.69, 9.17) is 4.42 Å². The summed E-state index contributed by atoms with van der Waals surface area (Å²) in [5.74, 6) is 2.53. The molecule has 0 unspecified atom stereocenters. The van der Waals surface area contributed by atoms with Crippen LogP contribution in [-0.2, 0) is 6.54 Å². The third-order valence-electron chi connectivity index (χ3n) is 2.45. The van der Waals surface area contributed by atoms with Crippen molar-refractivity contribution in [1.82, 2.24) is 9.97 Å². The van der Waals surface area contributed by atoms with E-state index >= 15 is 0 Å². The zero-order valence-corrected chi connectivity index (χ0v) is 11.9. The highest BCUT2D eigenvalue weighted by atomic mass is 79.9. The van der Waals surface area contributed by atoms with Gasteiger partial charge in [0.1, 0.15) is 28.2 Å². The van der Waals surface area contributed by atoms with E-state index in [-0.39, 0.29) is 0 Å². The zero-order valence-electron chi connectivity index (χ0n) is 10.4. The van der Waals surface area contributed by atoms with Gasteiger partial charge in [-0.3, -0.25) is 0 Å². The standard InChI is InChI=1S/C12H15BrN4O/c1-3-14-11-10(13)12(16-8-15-11)17(2)7-9-5-4-6-18-9/h4-6,8H,3,7H2,1-2H3,(H,14,15,16). The molecule has 0 saturated heterocycles. The van der Waals surface area contributed by atoms with Crippen molar-refractivity contribution in [3.05, 3.63) is 35.0 Å². The van der Waals surface area contributed by atoms with Gasteiger partial charge in [-0.05, 0) is 35.0 Å². The molecule has 0 aliphatic heterocycles. The normalized spacial score (nSPS) is 10.4. The number of anilines is 2. The fourth-order valence-corrected chi connectivity index (χ4v) is 2.28. The SMILES string of the molecule is CCNc1ncnc(N(C)Cc2ccco2)c1Br. The number of halogens is 1. The molecular formula is C12H15BrN4O. The van der Waals surface area contributed by atoms with Gasteiger partial charge < -0.3 is 14.6 Å². The summed E-state index contributed by atoms with van der Waals surface area (Å²) in [5, 5.41) is 3.18. The topological polar surface area (TPSA) is 54.2 Å². The number of hydrogen-bond donors (Lipinski definition) is 1. The first-order chi connectivity index (χ1) is 8.72. The third-order valence-corrected chi connectivity index (χ3v) is 3.18. The Morgan fingerprint density at radius 3 is 2.94 bits per heavy atom. The summed E-state index contributed by atoms with van der Waals surface area (Å²) in [6, 6.07) is 3.82. The lowest BCUT2D eigenvalue weighted by Gasteiger charge is -2.19. The molecule has 6 heteroatoms. The molecule has 0 radical (unpaired) electrons. The average Bonchev–Trinajstić information content (AvgIpc) is 2.85. The Labute approximate surface area is 114 Å². The number of hydrogen-bond acceptors (Lipinski definition) is 5. The fraction of sp³-hybridized carbons (Fsp3) is 0.333. The maximum atomic E-state index is 5.33. The molecular weight excluding hydrogens is 296 g/mol. The lowest BCUT2D eigenvalue weighted by Crippen LogP contribution is -2.18. The fourth-order valence-electron chi connectivity index (χ4n) is 1.63. The minimum absolute atomic E-state index is 0.661. The molecule has 0 spiro atoms. The highest BCUT2D eigenvalue weighted by Gasteiger charge is 2.13. The van der Waals surface area contributed by atoms with Gasteiger partial charge >= 0.3 is 0 Å². The van der Waals surface area contributed by atoms with Crippen molar-refractivity contribution in [3.8, 4) is 0 Å². The Balaban J connectivity index is 2.19. The molecule has 0 bridgehead atoms. The number of nitrogens with zero attached hydrogens (tertiary/aromatic N) is 3. The van der Waals surface area contributed by atoms with Gasteiger partial charge in [-0.25, -0.2) is 9.97 Å². The molecule has 2 aromatic heterocycles. The Hall–Kier alpha value is -1.56. The smallest absolute Gasteiger partial charge is 0.148 e. The maximum Gasteiger partial charge on any atom is 0.148 e. The Morgan fingerprint density at radius 2 is 2.28 bits per heavy atom. The highest BCUT2D eigenvalue weighted by molar-refractivity contribution is 9.10. The molecule has 0 fully saturated rings. The van der Waals surface area contributed by atoms with Crippen LogP contribution in [0, 0.1) is 0 Å². The van der Waals surface area contributed by atoms with Crippen LogP contribution in [-0.4, -0.2) is 23.6 Å². The molecule has 0 saturated carbocycles. The Bertz CT molecular complexity index is 501. The van der Waals surface area contributed by atoms with Crippen molar-refractivity contribution in [1.29, 1.82) is 0 Å². The first-order valence-electron chi connectivity index (χ1n) is 5.70. The molecule has 2 aromatic rings. The van der Waals surface area contributed by atoms with E-state index in [1.807, 2.05) is 31.0 Å². The van der Waals surface area contributed by atoms with Crippen molar-refractivity contribution in [2.24, 2.45) is 0 Å². The van der Waals surface area contributed by atoms with Crippen LogP contribution in [0.3, 0.4) is 0 Å². The summed E-state index contributed by atoms with van der Waals surface area (Å²) < 4.78 is 6.19. The minimum atomic E-state index is 0.661. The van der Waals surface area contributed by atoms with Gasteiger partial charge in [-0.1, -0.05) is 0 Å². The molecule has 96 valence electrons. The van der Waals surface area contributed by atoms with Crippen molar-refractivity contribution in [2.75, 3.05) is 23.8 Å². The van der Waals surface area contributed by atoms with Gasteiger partial charge in [0.15, 0.2) is 0 Å². The average molecular weight is 311 g/mol. The first kappa shape index (κ1) is 12.9. The van der Waals surface area contributed by atoms with Crippen molar-refractivity contribution >= 4 is 27.6 Å². The van der Waals surface area contributed by atoms with Crippen LogP contribution in [0.25, 0.3) is 0 Å². The highest BCUT2D eigenvalue weighted by Crippen LogP contribution is 2.29. The summed E-state index contributed by atoms with van der Waals surface area (Å²) in [6.07, 6.45) is 3.22. The Kier molecular flexibility index (Phi) is 4.19. The number of aromatic nitrogens is 2. The molecule has 1 N–H and O–H groups in total. The van der Waals surface area contributed by atoms with Crippen molar-refractivity contribution in [3.63, 3.8) is 0 Å². The minimum Gasteiger partial charge on any atom is -0.467 e. The molecule has 5 nitrogen and oxygen atoms in total. The molecule has 18 heavy (non-hydrogen) atoms. The van der Waals surface area contributed by atoms with E-state index < -0.39 is 0 Å². The van der Waals surface area contributed by atoms with E-state index in [9.17, 15) is 0 Å². The summed E-state index contributed by atoms with van der Waals surface area (Å²) >= 11 is 3.53. The molecule has 0 aliphatic rings. The van der Waals surface area contributed by atoms with Crippen LogP contribution in [0.1, 0.15) is 12.7 Å². The van der Waals surface area contributed by atoms with E-state index in [1.165, 1.54) is 0 Å². The van der Waals surface area contributed by atoms with E-state index in [0.29, 0.717) is 6.54 Å². The summed E-state index contributed by atoms with van der Waals surface area (Å²) in [7, 11) is 1.96. The van der Waals surface area contributed by atoms with Gasteiger partial charge in [0.05, 0.1) is 12.8 Å². The van der Waals surface area contributed by atoms with Gasteiger partial charge in [0.25, 0.3) is 0 Å². The molecule has 2 rings (SSSR count). The van der Waals surface area contributed by atoms with Crippen LogP contribution in [0.2, 0.25) is 0 Å². The molecule has 2 heterocycles. The van der Waals surface area contributed by atoms with Crippen LogP contribution in [0.4, 0.5) is 11.6 Å². The van der Waals surface area contributed by atoms with Crippen LogP contribution in [0.15, 0.2) is 33.6 Å². The molecule has 0 atom stereocenters. The van der Waals surface area contributed by atoms with Crippen molar-refractivity contribution in [2.45, 2.75) is 13.5 Å². The second kappa shape index (κ2) is 5.86. The Morgan fingerprint density at radius 1 is 1.44 bits per heavy atom. The summed E-state index contributed by atoms with van der Waals surface area (Å²) in [4.78, 5) is 10.5. The zero-order chi connectivity index (χ0) is 13.0. The maximum absolute atomic E-state index is 5.33. The van der Waals surface area contributed by atoms with Crippen LogP contribution < -0.4 is 10.2 Å². The largest absolute Gasteiger partial charge is 0.467 e. The number of nitrogens with one attached hydrogen (secondary N) is 1. The summed E-state index contributed by atoms with van der Waals surface area (Å²) in [5.41, 5.74) is 0. The third kappa shape index (κ3) is 2.81. The van der Waals surface area contributed by atoms with Gasteiger partial charge in [0.2, 0.25) is 0 Å². The first-order valence-corrected chi connectivity index (χ1v) is 6.49. The molecule has 0 aliphatic carbocycles. The van der Waals surface area contributed by atoms with E-state index in [1.54, 1.807) is 12.6 Å². The second-order valence-corrected chi connectivity index (χ2v) is 4.62. The quantitative estimate of drug-likeness (QED) is 0.920. The van der Waals surface area contributed by atoms with Gasteiger partial charge in [0, 0.05) is 13.6 Å². The lowest BCUT2D eigenvalue weighted by molar-refractivity contribution is 0.507. The van der Waals surface area contributed by atoms with Gasteiger partial charge in [-0.15, -0.1) is 0 Å². The predicted molar refractivity (Wildman–Crippen MR) is 74.7 cm³/mol. The second-order valence-electron chi connectivity index (χ2n) is 3.83. The lowest BCUT2D eigenvalue weighted by atomic mass is 10.4. The number of rotatable bonds is 5. The molecule has 0 aromatic carbocycles. The van der Waals surface area contributed by atoms with Crippen molar-refractivity contribution < 1.29 is 4.42 Å². The summed E-state index contributed by atoms with van der Waals surface area (Å²) in [6.45, 7) is 3.51. The molecule has 0 amide bonds.